The topological polar surface area (TPSA) is 86.8 Å². The molecule has 0 aliphatic carbocycles. The standard InChI is InChI=1S/C27H27F4N3O4S/c1-18-7-13-24(14-8-18)39(37,38)34(23-6-4-5-21(15-23)27(29,30)31)17-25(35)33(19(2)26(36)32-3)16-20-9-11-22(28)12-10-20/h4-15,19H,16-17H2,1-3H3,(H,32,36)/t19-/m1/s1. The van der Waals surface area contributed by atoms with E-state index in [0.717, 1.165) is 28.7 Å². The summed E-state index contributed by atoms with van der Waals surface area (Å²) in [5.41, 5.74) is -0.278. The van der Waals surface area contributed by atoms with Gasteiger partial charge in [0, 0.05) is 13.6 Å². The summed E-state index contributed by atoms with van der Waals surface area (Å²) in [4.78, 5) is 26.9. The molecule has 1 atom stereocenters. The third-order valence-corrected chi connectivity index (χ3v) is 7.82. The molecule has 208 valence electrons. The Balaban J connectivity index is 2.09. The van der Waals surface area contributed by atoms with Crippen molar-refractivity contribution in [2.45, 2.75) is 37.5 Å². The van der Waals surface area contributed by atoms with E-state index in [1.807, 2.05) is 0 Å². The predicted molar refractivity (Wildman–Crippen MR) is 138 cm³/mol. The summed E-state index contributed by atoms with van der Waals surface area (Å²) in [5, 5.41) is 2.42. The minimum Gasteiger partial charge on any atom is -0.357 e. The number of carbonyl (C=O) groups is 2. The van der Waals surface area contributed by atoms with Crippen LogP contribution in [-0.2, 0) is 32.3 Å². The Bertz CT molecular complexity index is 1430. The summed E-state index contributed by atoms with van der Waals surface area (Å²) in [6.07, 6.45) is -4.76. The number of rotatable bonds is 9. The van der Waals surface area contributed by atoms with Gasteiger partial charge in [0.05, 0.1) is 16.1 Å². The molecule has 7 nitrogen and oxygen atoms in total. The maximum absolute atomic E-state index is 13.7. The Kier molecular flexibility index (Phi) is 9.00. The molecule has 12 heteroatoms. The van der Waals surface area contributed by atoms with Gasteiger partial charge in [-0.05, 0) is 61.9 Å². The van der Waals surface area contributed by atoms with E-state index < -0.39 is 52.0 Å². The van der Waals surface area contributed by atoms with Gasteiger partial charge in [0.15, 0.2) is 0 Å². The molecule has 0 heterocycles. The Labute approximate surface area is 224 Å². The second-order valence-corrected chi connectivity index (χ2v) is 10.7. The summed E-state index contributed by atoms with van der Waals surface area (Å²) in [6, 6.07) is 13.3. The first-order valence-electron chi connectivity index (χ1n) is 11.8. The molecule has 0 saturated heterocycles. The van der Waals surface area contributed by atoms with Crippen LogP contribution in [0.5, 0.6) is 0 Å². The maximum Gasteiger partial charge on any atom is 0.416 e. The Morgan fingerprint density at radius 2 is 1.59 bits per heavy atom. The number of alkyl halides is 3. The molecule has 0 fully saturated rings. The van der Waals surface area contributed by atoms with Crippen molar-refractivity contribution in [3.8, 4) is 0 Å². The average molecular weight is 566 g/mol. The molecule has 39 heavy (non-hydrogen) atoms. The van der Waals surface area contributed by atoms with Crippen molar-refractivity contribution >= 4 is 27.5 Å². The minimum absolute atomic E-state index is 0.186. The quantitative estimate of drug-likeness (QED) is 0.387. The molecule has 3 aromatic rings. The van der Waals surface area contributed by atoms with Gasteiger partial charge in [-0.25, -0.2) is 12.8 Å². The highest BCUT2D eigenvalue weighted by Crippen LogP contribution is 2.33. The lowest BCUT2D eigenvalue weighted by Gasteiger charge is -2.32. The van der Waals surface area contributed by atoms with Crippen LogP contribution in [0.3, 0.4) is 0 Å². The highest BCUT2D eigenvalue weighted by atomic mass is 32.2. The fraction of sp³-hybridized carbons (Fsp3) is 0.259. The second kappa shape index (κ2) is 11.9. The van der Waals surface area contributed by atoms with Gasteiger partial charge in [-0.1, -0.05) is 35.9 Å². The molecule has 0 radical (unpaired) electrons. The van der Waals surface area contributed by atoms with E-state index in [1.165, 1.54) is 62.5 Å². The van der Waals surface area contributed by atoms with Gasteiger partial charge >= 0.3 is 6.18 Å². The van der Waals surface area contributed by atoms with Crippen molar-refractivity contribution in [1.82, 2.24) is 10.2 Å². The molecule has 0 aliphatic heterocycles. The third kappa shape index (κ3) is 7.14. The van der Waals surface area contributed by atoms with Crippen molar-refractivity contribution in [2.75, 3.05) is 17.9 Å². The molecule has 3 rings (SSSR count). The summed E-state index contributed by atoms with van der Waals surface area (Å²) < 4.78 is 81.8. The number of carbonyl (C=O) groups excluding carboxylic acids is 2. The Morgan fingerprint density at radius 1 is 0.974 bits per heavy atom. The van der Waals surface area contributed by atoms with Crippen molar-refractivity contribution in [1.29, 1.82) is 0 Å². The van der Waals surface area contributed by atoms with Crippen LogP contribution < -0.4 is 9.62 Å². The molecular weight excluding hydrogens is 538 g/mol. The molecule has 0 bridgehead atoms. The lowest BCUT2D eigenvalue weighted by Crippen LogP contribution is -2.50. The monoisotopic (exact) mass is 565 g/mol. The first-order chi connectivity index (χ1) is 18.2. The molecule has 0 aliphatic rings. The van der Waals surface area contributed by atoms with Crippen molar-refractivity contribution in [2.24, 2.45) is 0 Å². The lowest BCUT2D eigenvalue weighted by molar-refractivity contribution is -0.139. The van der Waals surface area contributed by atoms with Crippen LogP contribution in [0.4, 0.5) is 23.2 Å². The normalized spacial score (nSPS) is 12.5. The lowest BCUT2D eigenvalue weighted by atomic mass is 10.1. The van der Waals surface area contributed by atoms with Crippen LogP contribution in [0.15, 0.2) is 77.7 Å². The molecule has 0 spiro atoms. The summed E-state index contributed by atoms with van der Waals surface area (Å²) >= 11 is 0. The summed E-state index contributed by atoms with van der Waals surface area (Å²) in [5.74, 6) is -1.93. The van der Waals surface area contributed by atoms with Crippen molar-refractivity contribution < 1.29 is 35.6 Å². The van der Waals surface area contributed by atoms with Gasteiger partial charge in [0.25, 0.3) is 10.0 Å². The summed E-state index contributed by atoms with van der Waals surface area (Å²) in [6.45, 7) is 2.07. The van der Waals surface area contributed by atoms with Crippen LogP contribution in [-0.4, -0.2) is 44.8 Å². The maximum atomic E-state index is 13.7. The molecule has 2 amide bonds. The van der Waals surface area contributed by atoms with Gasteiger partial charge in [-0.15, -0.1) is 0 Å². The number of likely N-dealkylation sites (N-methyl/N-ethyl adjacent to an activating group) is 1. The van der Waals surface area contributed by atoms with Crippen LogP contribution >= 0.6 is 0 Å². The predicted octanol–water partition coefficient (Wildman–Crippen LogP) is 4.51. The van der Waals surface area contributed by atoms with E-state index >= 15 is 0 Å². The highest BCUT2D eigenvalue weighted by Gasteiger charge is 2.35. The van der Waals surface area contributed by atoms with Crippen LogP contribution in [0.1, 0.15) is 23.6 Å². The number of halogens is 4. The Morgan fingerprint density at radius 3 is 2.15 bits per heavy atom. The molecule has 0 saturated carbocycles. The second-order valence-electron chi connectivity index (χ2n) is 8.81. The van der Waals surface area contributed by atoms with E-state index in [1.54, 1.807) is 6.92 Å². The van der Waals surface area contributed by atoms with E-state index in [0.29, 0.717) is 15.9 Å². The fourth-order valence-corrected chi connectivity index (χ4v) is 5.19. The first-order valence-corrected chi connectivity index (χ1v) is 13.2. The number of hydrogen-bond acceptors (Lipinski definition) is 4. The molecular formula is C27H27F4N3O4S. The minimum atomic E-state index is -4.76. The summed E-state index contributed by atoms with van der Waals surface area (Å²) in [7, 11) is -3.17. The van der Waals surface area contributed by atoms with E-state index in [4.69, 9.17) is 0 Å². The number of nitrogens with zero attached hydrogens (tertiary/aromatic N) is 2. The number of hydrogen-bond donors (Lipinski definition) is 1. The zero-order valence-corrected chi connectivity index (χ0v) is 22.2. The van der Waals surface area contributed by atoms with Gasteiger partial charge in [0.2, 0.25) is 11.8 Å². The number of benzene rings is 3. The zero-order chi connectivity index (χ0) is 29.0. The Hall–Kier alpha value is -3.93. The number of anilines is 1. The SMILES string of the molecule is CNC(=O)[C@@H](C)N(Cc1ccc(F)cc1)C(=O)CN(c1cccc(C(F)(F)F)c1)S(=O)(=O)c1ccc(C)cc1. The van der Waals surface area contributed by atoms with Gasteiger partial charge in [-0.3, -0.25) is 13.9 Å². The molecule has 3 aromatic carbocycles. The third-order valence-electron chi connectivity index (χ3n) is 6.03. The van der Waals surface area contributed by atoms with Crippen LogP contribution in [0.25, 0.3) is 0 Å². The van der Waals surface area contributed by atoms with Crippen molar-refractivity contribution in [3.63, 3.8) is 0 Å². The average Bonchev–Trinajstić information content (AvgIpc) is 2.90. The fourth-order valence-electron chi connectivity index (χ4n) is 3.78. The van der Waals surface area contributed by atoms with E-state index in [9.17, 15) is 35.6 Å². The largest absolute Gasteiger partial charge is 0.416 e. The van der Waals surface area contributed by atoms with Crippen LogP contribution in [0.2, 0.25) is 0 Å². The van der Waals surface area contributed by atoms with Crippen LogP contribution in [0, 0.1) is 12.7 Å². The highest BCUT2D eigenvalue weighted by molar-refractivity contribution is 7.92. The number of aryl methyl sites for hydroxylation is 1. The smallest absolute Gasteiger partial charge is 0.357 e. The van der Waals surface area contributed by atoms with E-state index in [-0.39, 0.29) is 17.1 Å². The molecule has 1 N–H and O–H groups in total. The van der Waals surface area contributed by atoms with E-state index in [2.05, 4.69) is 5.32 Å². The number of nitrogens with one attached hydrogen (secondary N) is 1. The van der Waals surface area contributed by atoms with Crippen molar-refractivity contribution in [3.05, 3.63) is 95.3 Å². The molecule has 0 unspecified atom stereocenters. The van der Waals surface area contributed by atoms with Gasteiger partial charge < -0.3 is 10.2 Å². The first kappa shape index (κ1) is 29.6. The van der Waals surface area contributed by atoms with Gasteiger partial charge in [0.1, 0.15) is 18.4 Å². The zero-order valence-electron chi connectivity index (χ0n) is 21.4. The molecule has 0 aromatic heterocycles. The van der Waals surface area contributed by atoms with Gasteiger partial charge in [-0.2, -0.15) is 13.2 Å². The number of sulfonamides is 1. The number of amides is 2.